The number of rotatable bonds is 4. The van der Waals surface area contributed by atoms with E-state index in [0.717, 1.165) is 12.1 Å². The van der Waals surface area contributed by atoms with Gasteiger partial charge in [-0.05, 0) is 19.4 Å². The zero-order chi connectivity index (χ0) is 16.2. The van der Waals surface area contributed by atoms with Crippen LogP contribution in [0, 0.1) is 6.92 Å². The lowest BCUT2D eigenvalue weighted by molar-refractivity contribution is -0.124. The molecule has 2 atom stereocenters. The number of hydrogen-bond acceptors (Lipinski definition) is 5. The summed E-state index contributed by atoms with van der Waals surface area (Å²) in [6.45, 7) is 5.72. The first-order valence-electron chi connectivity index (χ1n) is 7.78. The van der Waals surface area contributed by atoms with Gasteiger partial charge in [-0.2, -0.15) is 0 Å². The Bertz CT molecular complexity index is 656. The summed E-state index contributed by atoms with van der Waals surface area (Å²) < 4.78 is 10.8. The van der Waals surface area contributed by atoms with Crippen LogP contribution in [0.15, 0.2) is 40.9 Å². The topological polar surface area (TPSA) is 67.6 Å². The molecule has 1 amide bonds. The molecule has 3 rings (SSSR count). The number of benzene rings is 1. The average Bonchev–Trinajstić information content (AvgIpc) is 3.00. The van der Waals surface area contributed by atoms with Gasteiger partial charge in [0.05, 0.1) is 18.8 Å². The minimum atomic E-state index is -0.262. The van der Waals surface area contributed by atoms with Crippen molar-refractivity contribution in [2.24, 2.45) is 0 Å². The zero-order valence-electron chi connectivity index (χ0n) is 13.4. The number of aryl methyl sites for hydroxylation is 1. The predicted octanol–water partition coefficient (Wildman–Crippen LogP) is 2.38. The minimum Gasteiger partial charge on any atom is -0.371 e. The summed E-state index contributed by atoms with van der Waals surface area (Å²) in [6.07, 6.45) is -0.00510. The molecule has 1 aromatic heterocycles. The quantitative estimate of drug-likeness (QED) is 0.938. The SMILES string of the molecule is Cc1cc(NC(=O)C(C)N2CCOC(c3ccccc3)C2)no1. The van der Waals surface area contributed by atoms with Crippen molar-refractivity contribution in [1.29, 1.82) is 0 Å². The molecular weight excluding hydrogens is 294 g/mol. The first-order chi connectivity index (χ1) is 11.1. The molecule has 23 heavy (non-hydrogen) atoms. The van der Waals surface area contributed by atoms with Gasteiger partial charge < -0.3 is 14.6 Å². The van der Waals surface area contributed by atoms with Crippen molar-refractivity contribution >= 4 is 11.7 Å². The molecule has 6 heteroatoms. The smallest absolute Gasteiger partial charge is 0.242 e. The summed E-state index contributed by atoms with van der Waals surface area (Å²) in [7, 11) is 0. The second-order valence-electron chi connectivity index (χ2n) is 5.75. The van der Waals surface area contributed by atoms with Crippen LogP contribution in [-0.4, -0.2) is 41.7 Å². The number of carbonyl (C=O) groups excluding carboxylic acids is 1. The normalized spacial score (nSPS) is 20.2. The maximum atomic E-state index is 12.4. The number of nitrogens with one attached hydrogen (secondary N) is 1. The molecule has 0 spiro atoms. The molecule has 6 nitrogen and oxygen atoms in total. The summed E-state index contributed by atoms with van der Waals surface area (Å²) in [5.41, 5.74) is 1.14. The van der Waals surface area contributed by atoms with Crippen LogP contribution in [0.4, 0.5) is 5.82 Å². The van der Waals surface area contributed by atoms with Gasteiger partial charge in [0, 0.05) is 19.2 Å². The first kappa shape index (κ1) is 15.7. The van der Waals surface area contributed by atoms with Crippen molar-refractivity contribution in [3.8, 4) is 0 Å². The Morgan fingerprint density at radius 1 is 1.39 bits per heavy atom. The van der Waals surface area contributed by atoms with Gasteiger partial charge in [0.1, 0.15) is 5.76 Å². The van der Waals surface area contributed by atoms with Crippen molar-refractivity contribution < 1.29 is 14.1 Å². The van der Waals surface area contributed by atoms with Crippen LogP contribution in [0.2, 0.25) is 0 Å². The molecule has 2 unspecified atom stereocenters. The number of hydrogen-bond donors (Lipinski definition) is 1. The third-order valence-electron chi connectivity index (χ3n) is 4.08. The maximum absolute atomic E-state index is 12.4. The number of aromatic nitrogens is 1. The van der Waals surface area contributed by atoms with Crippen molar-refractivity contribution in [2.45, 2.75) is 26.0 Å². The molecule has 1 saturated heterocycles. The predicted molar refractivity (Wildman–Crippen MR) is 86.0 cm³/mol. The van der Waals surface area contributed by atoms with Crippen LogP contribution >= 0.6 is 0 Å². The van der Waals surface area contributed by atoms with E-state index < -0.39 is 0 Å². The average molecular weight is 315 g/mol. The second kappa shape index (κ2) is 6.93. The van der Waals surface area contributed by atoms with Gasteiger partial charge in [0.2, 0.25) is 5.91 Å². The van der Waals surface area contributed by atoms with E-state index in [0.29, 0.717) is 24.7 Å². The molecule has 0 radical (unpaired) electrons. The number of anilines is 1. The molecule has 1 aliphatic heterocycles. The monoisotopic (exact) mass is 315 g/mol. The Morgan fingerprint density at radius 2 is 2.17 bits per heavy atom. The lowest BCUT2D eigenvalue weighted by Gasteiger charge is -2.36. The number of carbonyl (C=O) groups is 1. The maximum Gasteiger partial charge on any atom is 0.242 e. The van der Waals surface area contributed by atoms with Crippen molar-refractivity contribution in [2.75, 3.05) is 25.0 Å². The fourth-order valence-electron chi connectivity index (χ4n) is 2.71. The molecule has 1 aromatic carbocycles. The van der Waals surface area contributed by atoms with Gasteiger partial charge in [-0.3, -0.25) is 9.69 Å². The summed E-state index contributed by atoms with van der Waals surface area (Å²) in [4.78, 5) is 14.5. The Labute approximate surface area is 135 Å². The summed E-state index contributed by atoms with van der Waals surface area (Å²) in [6, 6.07) is 11.5. The van der Waals surface area contributed by atoms with Gasteiger partial charge in [-0.15, -0.1) is 0 Å². The summed E-state index contributed by atoms with van der Waals surface area (Å²) in [5.74, 6) is 1.03. The van der Waals surface area contributed by atoms with Gasteiger partial charge in [0.15, 0.2) is 5.82 Å². The van der Waals surface area contributed by atoms with Gasteiger partial charge in [-0.25, -0.2) is 0 Å². The van der Waals surface area contributed by atoms with E-state index >= 15 is 0 Å². The number of amides is 1. The highest BCUT2D eigenvalue weighted by Gasteiger charge is 2.29. The van der Waals surface area contributed by atoms with Crippen LogP contribution < -0.4 is 5.32 Å². The highest BCUT2D eigenvalue weighted by Crippen LogP contribution is 2.23. The van der Waals surface area contributed by atoms with Crippen LogP contribution in [0.25, 0.3) is 0 Å². The van der Waals surface area contributed by atoms with Crippen LogP contribution in [0.5, 0.6) is 0 Å². The van der Waals surface area contributed by atoms with Crippen molar-refractivity contribution in [1.82, 2.24) is 10.1 Å². The van der Waals surface area contributed by atoms with E-state index in [-0.39, 0.29) is 18.1 Å². The van der Waals surface area contributed by atoms with E-state index in [1.807, 2.05) is 25.1 Å². The summed E-state index contributed by atoms with van der Waals surface area (Å²) >= 11 is 0. The van der Waals surface area contributed by atoms with Gasteiger partial charge in [-0.1, -0.05) is 35.5 Å². The second-order valence-corrected chi connectivity index (χ2v) is 5.75. The number of nitrogens with zero attached hydrogens (tertiary/aromatic N) is 2. The van der Waals surface area contributed by atoms with E-state index in [1.165, 1.54) is 0 Å². The highest BCUT2D eigenvalue weighted by atomic mass is 16.5. The molecular formula is C17H21N3O3. The van der Waals surface area contributed by atoms with E-state index in [2.05, 4.69) is 27.5 Å². The third-order valence-corrected chi connectivity index (χ3v) is 4.08. The molecule has 122 valence electrons. The zero-order valence-corrected chi connectivity index (χ0v) is 13.4. The lowest BCUT2D eigenvalue weighted by atomic mass is 10.1. The lowest BCUT2D eigenvalue weighted by Crippen LogP contribution is -2.48. The number of morpholine rings is 1. The standard InChI is InChI=1S/C17H21N3O3/c1-12-10-16(19-23-12)18-17(21)13(2)20-8-9-22-15(11-20)14-6-4-3-5-7-14/h3-7,10,13,15H,8-9,11H2,1-2H3,(H,18,19,21). The third kappa shape index (κ3) is 3.78. The number of ether oxygens (including phenoxy) is 1. The molecule has 0 aliphatic carbocycles. The van der Waals surface area contributed by atoms with Gasteiger partial charge in [0.25, 0.3) is 0 Å². The molecule has 0 saturated carbocycles. The molecule has 1 fully saturated rings. The largest absolute Gasteiger partial charge is 0.371 e. The van der Waals surface area contributed by atoms with Gasteiger partial charge >= 0.3 is 0 Å². The Balaban J connectivity index is 1.62. The van der Waals surface area contributed by atoms with Crippen molar-refractivity contribution in [3.63, 3.8) is 0 Å². The van der Waals surface area contributed by atoms with Crippen LogP contribution in [0.1, 0.15) is 24.4 Å². The molecule has 2 aromatic rings. The van der Waals surface area contributed by atoms with Crippen LogP contribution in [0.3, 0.4) is 0 Å². The highest BCUT2D eigenvalue weighted by molar-refractivity contribution is 5.93. The molecule has 1 aliphatic rings. The molecule has 0 bridgehead atoms. The first-order valence-corrected chi connectivity index (χ1v) is 7.78. The van der Waals surface area contributed by atoms with E-state index in [1.54, 1.807) is 13.0 Å². The molecule has 2 heterocycles. The van der Waals surface area contributed by atoms with Crippen molar-refractivity contribution in [3.05, 3.63) is 47.7 Å². The summed E-state index contributed by atoms with van der Waals surface area (Å²) in [5, 5.41) is 6.58. The Hall–Kier alpha value is -2.18. The minimum absolute atomic E-state index is 0.00510. The van der Waals surface area contributed by atoms with Crippen LogP contribution in [-0.2, 0) is 9.53 Å². The fraction of sp³-hybridized carbons (Fsp3) is 0.412. The Kier molecular flexibility index (Phi) is 4.73. The molecule has 1 N–H and O–H groups in total. The van der Waals surface area contributed by atoms with E-state index in [4.69, 9.17) is 9.26 Å². The Morgan fingerprint density at radius 3 is 2.87 bits per heavy atom. The fourth-order valence-corrected chi connectivity index (χ4v) is 2.71. The van der Waals surface area contributed by atoms with E-state index in [9.17, 15) is 4.79 Å².